The van der Waals surface area contributed by atoms with Gasteiger partial charge in [0.2, 0.25) is 5.91 Å². The zero-order chi connectivity index (χ0) is 13.8. The van der Waals surface area contributed by atoms with Gasteiger partial charge in [-0.25, -0.2) is 0 Å². The standard InChI is InChI=1S/C15H19N3O/c1-11-3-5-13(6-4-11)10-18-9-12(2)17-14(7-8-16)15(18)19/h3-6,12,14,17H,7,9-10H2,1-2H3. The Kier molecular flexibility index (Phi) is 4.18. The third kappa shape index (κ3) is 3.33. The highest BCUT2D eigenvalue weighted by atomic mass is 16.2. The predicted octanol–water partition coefficient (Wildman–Crippen LogP) is 1.60. The van der Waals surface area contributed by atoms with Gasteiger partial charge in [0.15, 0.2) is 0 Å². The Morgan fingerprint density at radius 1 is 1.42 bits per heavy atom. The monoisotopic (exact) mass is 257 g/mol. The fraction of sp³-hybridized carbons (Fsp3) is 0.467. The molecule has 1 amide bonds. The van der Waals surface area contributed by atoms with Crippen LogP contribution in [0.25, 0.3) is 0 Å². The first-order valence-electron chi connectivity index (χ1n) is 6.57. The van der Waals surface area contributed by atoms with Crippen molar-refractivity contribution in [3.05, 3.63) is 35.4 Å². The number of carbonyl (C=O) groups excluding carboxylic acids is 1. The molecule has 1 aliphatic heterocycles. The highest BCUT2D eigenvalue weighted by Gasteiger charge is 2.31. The lowest BCUT2D eigenvalue weighted by atomic mass is 10.1. The van der Waals surface area contributed by atoms with E-state index in [1.807, 2.05) is 18.7 Å². The molecular formula is C15H19N3O. The van der Waals surface area contributed by atoms with Gasteiger partial charge in [0.1, 0.15) is 6.04 Å². The normalized spacial score (nSPS) is 23.2. The number of aryl methyl sites for hydroxylation is 1. The molecule has 2 rings (SSSR count). The molecule has 1 aliphatic rings. The van der Waals surface area contributed by atoms with E-state index in [9.17, 15) is 4.79 Å². The summed E-state index contributed by atoms with van der Waals surface area (Å²) in [7, 11) is 0. The van der Waals surface area contributed by atoms with Crippen LogP contribution in [0.4, 0.5) is 0 Å². The molecule has 0 aromatic heterocycles. The fourth-order valence-corrected chi connectivity index (χ4v) is 2.40. The molecular weight excluding hydrogens is 238 g/mol. The van der Waals surface area contributed by atoms with E-state index >= 15 is 0 Å². The molecule has 1 saturated heterocycles. The molecule has 19 heavy (non-hydrogen) atoms. The van der Waals surface area contributed by atoms with Crippen LogP contribution in [0.1, 0.15) is 24.5 Å². The molecule has 0 aliphatic carbocycles. The molecule has 0 spiro atoms. The number of rotatable bonds is 3. The van der Waals surface area contributed by atoms with Gasteiger partial charge in [0, 0.05) is 19.1 Å². The van der Waals surface area contributed by atoms with E-state index in [0.29, 0.717) is 13.1 Å². The highest BCUT2D eigenvalue weighted by molar-refractivity contribution is 5.83. The first kappa shape index (κ1) is 13.6. The number of hydrogen-bond acceptors (Lipinski definition) is 3. The first-order chi connectivity index (χ1) is 9.10. The minimum absolute atomic E-state index is 0.0280. The number of carbonyl (C=O) groups is 1. The Bertz CT molecular complexity index is 489. The zero-order valence-corrected chi connectivity index (χ0v) is 11.4. The Balaban J connectivity index is 2.08. The lowest BCUT2D eigenvalue weighted by molar-refractivity contribution is -0.137. The van der Waals surface area contributed by atoms with Gasteiger partial charge in [0.25, 0.3) is 0 Å². The van der Waals surface area contributed by atoms with E-state index in [-0.39, 0.29) is 24.4 Å². The molecule has 0 bridgehead atoms. The largest absolute Gasteiger partial charge is 0.335 e. The van der Waals surface area contributed by atoms with E-state index in [4.69, 9.17) is 5.26 Å². The predicted molar refractivity (Wildman–Crippen MR) is 73.2 cm³/mol. The maximum Gasteiger partial charge on any atom is 0.241 e. The Morgan fingerprint density at radius 2 is 2.11 bits per heavy atom. The third-order valence-corrected chi connectivity index (χ3v) is 3.38. The van der Waals surface area contributed by atoms with Crippen molar-refractivity contribution in [1.82, 2.24) is 10.2 Å². The summed E-state index contributed by atoms with van der Waals surface area (Å²) in [6.45, 7) is 5.39. The molecule has 1 fully saturated rings. The summed E-state index contributed by atoms with van der Waals surface area (Å²) in [5.74, 6) is 0.0280. The van der Waals surface area contributed by atoms with Crippen molar-refractivity contribution in [2.45, 2.75) is 38.9 Å². The molecule has 2 atom stereocenters. The molecule has 1 N–H and O–H groups in total. The van der Waals surface area contributed by atoms with Gasteiger partial charge in [-0.1, -0.05) is 29.8 Å². The van der Waals surface area contributed by atoms with Gasteiger partial charge in [-0.2, -0.15) is 5.26 Å². The number of nitrogens with one attached hydrogen (secondary N) is 1. The number of nitriles is 1. The molecule has 0 saturated carbocycles. The summed E-state index contributed by atoms with van der Waals surface area (Å²) in [5, 5.41) is 11.9. The first-order valence-corrected chi connectivity index (χ1v) is 6.57. The van der Waals surface area contributed by atoms with Crippen LogP contribution in [0.5, 0.6) is 0 Å². The van der Waals surface area contributed by atoms with E-state index in [2.05, 4.69) is 35.7 Å². The summed E-state index contributed by atoms with van der Waals surface area (Å²) >= 11 is 0. The second kappa shape index (κ2) is 5.85. The topological polar surface area (TPSA) is 56.1 Å². The average Bonchev–Trinajstić information content (AvgIpc) is 2.38. The van der Waals surface area contributed by atoms with Crippen LogP contribution in [0.2, 0.25) is 0 Å². The molecule has 1 heterocycles. The Morgan fingerprint density at radius 3 is 2.74 bits per heavy atom. The van der Waals surface area contributed by atoms with E-state index in [1.54, 1.807) is 0 Å². The summed E-state index contributed by atoms with van der Waals surface area (Å²) in [6.07, 6.45) is 0.230. The second-order valence-electron chi connectivity index (χ2n) is 5.19. The molecule has 2 unspecified atom stereocenters. The molecule has 4 nitrogen and oxygen atoms in total. The summed E-state index contributed by atoms with van der Waals surface area (Å²) in [5.41, 5.74) is 2.34. The number of hydrogen-bond donors (Lipinski definition) is 1. The Hall–Kier alpha value is -1.86. The van der Waals surface area contributed by atoms with Crippen LogP contribution >= 0.6 is 0 Å². The molecule has 4 heteroatoms. The van der Waals surface area contributed by atoms with Crippen LogP contribution in [-0.4, -0.2) is 29.4 Å². The smallest absolute Gasteiger partial charge is 0.241 e. The fourth-order valence-electron chi connectivity index (χ4n) is 2.40. The van der Waals surface area contributed by atoms with Crippen molar-refractivity contribution in [3.8, 4) is 6.07 Å². The number of benzene rings is 1. The van der Waals surface area contributed by atoms with E-state index < -0.39 is 0 Å². The van der Waals surface area contributed by atoms with Gasteiger partial charge in [0.05, 0.1) is 12.5 Å². The van der Waals surface area contributed by atoms with Crippen molar-refractivity contribution in [2.24, 2.45) is 0 Å². The van der Waals surface area contributed by atoms with Crippen molar-refractivity contribution >= 4 is 5.91 Å². The van der Waals surface area contributed by atoms with Crippen molar-refractivity contribution in [1.29, 1.82) is 5.26 Å². The van der Waals surface area contributed by atoms with Crippen molar-refractivity contribution < 1.29 is 4.79 Å². The third-order valence-electron chi connectivity index (χ3n) is 3.38. The summed E-state index contributed by atoms with van der Waals surface area (Å²) in [4.78, 5) is 14.1. The molecule has 1 aromatic rings. The van der Waals surface area contributed by atoms with E-state index in [0.717, 1.165) is 5.56 Å². The highest BCUT2D eigenvalue weighted by Crippen LogP contribution is 2.13. The lowest BCUT2D eigenvalue weighted by Gasteiger charge is -2.36. The van der Waals surface area contributed by atoms with E-state index in [1.165, 1.54) is 5.56 Å². The van der Waals surface area contributed by atoms with Crippen LogP contribution < -0.4 is 5.32 Å². The number of piperazine rings is 1. The maximum absolute atomic E-state index is 12.2. The maximum atomic E-state index is 12.2. The van der Waals surface area contributed by atoms with Crippen LogP contribution in [0.15, 0.2) is 24.3 Å². The van der Waals surface area contributed by atoms with Gasteiger partial charge in [-0.05, 0) is 19.4 Å². The summed E-state index contributed by atoms with van der Waals surface area (Å²) < 4.78 is 0. The van der Waals surface area contributed by atoms with Crippen LogP contribution in [0, 0.1) is 18.3 Å². The van der Waals surface area contributed by atoms with Crippen molar-refractivity contribution in [3.63, 3.8) is 0 Å². The lowest BCUT2D eigenvalue weighted by Crippen LogP contribution is -2.58. The van der Waals surface area contributed by atoms with Crippen LogP contribution in [-0.2, 0) is 11.3 Å². The van der Waals surface area contributed by atoms with Gasteiger partial charge in [-0.3, -0.25) is 4.79 Å². The SMILES string of the molecule is Cc1ccc(CN2CC(C)NC(CC#N)C2=O)cc1. The van der Waals surface area contributed by atoms with Gasteiger partial charge in [-0.15, -0.1) is 0 Å². The minimum Gasteiger partial charge on any atom is -0.335 e. The van der Waals surface area contributed by atoms with Gasteiger partial charge >= 0.3 is 0 Å². The van der Waals surface area contributed by atoms with Gasteiger partial charge < -0.3 is 10.2 Å². The molecule has 100 valence electrons. The minimum atomic E-state index is -0.362. The molecule has 1 aromatic carbocycles. The molecule has 0 radical (unpaired) electrons. The average molecular weight is 257 g/mol. The zero-order valence-electron chi connectivity index (χ0n) is 11.4. The van der Waals surface area contributed by atoms with Crippen molar-refractivity contribution in [2.75, 3.05) is 6.54 Å². The quantitative estimate of drug-likeness (QED) is 0.894. The Labute approximate surface area is 114 Å². The second-order valence-corrected chi connectivity index (χ2v) is 5.19. The number of nitrogens with zero attached hydrogens (tertiary/aromatic N) is 2. The summed E-state index contributed by atoms with van der Waals surface area (Å²) in [6, 6.07) is 10.1. The van der Waals surface area contributed by atoms with Crippen LogP contribution in [0.3, 0.4) is 0 Å². The number of amides is 1.